The molecule has 0 radical (unpaired) electrons. The second-order valence-electron chi connectivity index (χ2n) is 18.5. The summed E-state index contributed by atoms with van der Waals surface area (Å²) in [6.07, 6.45) is -1.24. The number of rotatable bonds is 20. The minimum atomic E-state index is -1.76. The molecule has 0 bridgehead atoms. The van der Waals surface area contributed by atoms with Crippen molar-refractivity contribution in [1.82, 2.24) is 47.4 Å². The van der Waals surface area contributed by atoms with Gasteiger partial charge in [-0.25, -0.2) is 0 Å². The SMILES string of the molecule is CCC(C)C1C(=O)N[C@@H](CCC(N)=O)C(=O)N[C@@H](CC(N)=O)C(=O)N[C@@H](C(=O)NCCC2CC2C(=O)N[C@@H](CC(C)C)C(=O)NCC(N)=O)CCC(=O)NCC(=O)N[C@@H](Cc2ccc(O)cc2)C(=O)N1C. The average molecular weight is 999 g/mol. The molecule has 392 valence electrons. The highest BCUT2D eigenvalue weighted by Crippen LogP contribution is 2.41. The summed E-state index contributed by atoms with van der Waals surface area (Å²) in [4.78, 5) is 159. The van der Waals surface area contributed by atoms with Crippen LogP contribution in [-0.4, -0.2) is 144 Å². The van der Waals surface area contributed by atoms with Gasteiger partial charge < -0.3 is 69.7 Å². The Kier molecular flexibility index (Phi) is 22.7. The first-order valence-electron chi connectivity index (χ1n) is 23.6. The van der Waals surface area contributed by atoms with Crippen molar-refractivity contribution >= 4 is 70.9 Å². The number of aromatic hydroxyl groups is 1. The monoisotopic (exact) mass is 999 g/mol. The Balaban J connectivity index is 1.91. The molecule has 15 N–H and O–H groups in total. The third-order valence-corrected chi connectivity index (χ3v) is 12.2. The molecule has 3 rings (SSSR count). The molecule has 1 aliphatic carbocycles. The molecule has 9 atom stereocenters. The number of phenols is 1. The summed E-state index contributed by atoms with van der Waals surface area (Å²) >= 11 is 0. The molecular weight excluding hydrogens is 929 g/mol. The van der Waals surface area contributed by atoms with Gasteiger partial charge >= 0.3 is 0 Å². The average Bonchev–Trinajstić information content (AvgIpc) is 4.08. The van der Waals surface area contributed by atoms with E-state index in [9.17, 15) is 62.6 Å². The van der Waals surface area contributed by atoms with Crippen molar-refractivity contribution < 1.29 is 62.6 Å². The molecule has 0 spiro atoms. The minimum Gasteiger partial charge on any atom is -0.508 e. The summed E-state index contributed by atoms with van der Waals surface area (Å²) in [5.41, 5.74) is 16.5. The molecule has 1 aromatic rings. The van der Waals surface area contributed by atoms with Gasteiger partial charge in [0.05, 0.1) is 19.5 Å². The molecule has 4 unspecified atom stereocenters. The zero-order valence-electron chi connectivity index (χ0n) is 40.8. The summed E-state index contributed by atoms with van der Waals surface area (Å²) in [6.45, 7) is 6.08. The number of benzene rings is 1. The van der Waals surface area contributed by atoms with E-state index in [0.29, 0.717) is 24.8 Å². The number of carbonyl (C=O) groups is 12. The van der Waals surface area contributed by atoms with Crippen LogP contribution in [0.2, 0.25) is 0 Å². The topological polar surface area (TPSA) is 403 Å². The second-order valence-corrected chi connectivity index (χ2v) is 18.5. The molecule has 12 amide bonds. The van der Waals surface area contributed by atoms with E-state index in [-0.39, 0.29) is 43.4 Å². The van der Waals surface area contributed by atoms with Crippen LogP contribution >= 0.6 is 0 Å². The maximum absolute atomic E-state index is 14.3. The maximum Gasteiger partial charge on any atom is 0.245 e. The number of nitrogens with one attached hydrogen (secondary N) is 8. The highest BCUT2D eigenvalue weighted by atomic mass is 16.3. The Hall–Kier alpha value is -7.34. The summed E-state index contributed by atoms with van der Waals surface area (Å²) in [5, 5.41) is 30.0. The minimum absolute atomic E-state index is 0.0138. The van der Waals surface area contributed by atoms with Crippen LogP contribution in [0.1, 0.15) is 91.0 Å². The molecule has 71 heavy (non-hydrogen) atoms. The van der Waals surface area contributed by atoms with Gasteiger partial charge in [-0.15, -0.1) is 0 Å². The van der Waals surface area contributed by atoms with Crippen LogP contribution in [-0.2, 0) is 64.0 Å². The van der Waals surface area contributed by atoms with Gasteiger partial charge in [0.15, 0.2) is 0 Å². The van der Waals surface area contributed by atoms with E-state index >= 15 is 0 Å². The van der Waals surface area contributed by atoms with E-state index in [1.165, 1.54) is 31.3 Å². The molecule has 25 nitrogen and oxygen atoms in total. The zero-order valence-corrected chi connectivity index (χ0v) is 40.8. The van der Waals surface area contributed by atoms with Crippen molar-refractivity contribution in [3.8, 4) is 5.75 Å². The lowest BCUT2D eigenvalue weighted by Crippen LogP contribution is -2.61. The van der Waals surface area contributed by atoms with Crippen molar-refractivity contribution in [1.29, 1.82) is 0 Å². The maximum atomic E-state index is 14.3. The van der Waals surface area contributed by atoms with Gasteiger partial charge in [-0.05, 0) is 67.6 Å². The molecule has 1 aromatic carbocycles. The second kappa shape index (κ2) is 27.7. The van der Waals surface area contributed by atoms with E-state index in [1.807, 2.05) is 13.8 Å². The molecule has 2 fully saturated rings. The lowest BCUT2D eigenvalue weighted by Gasteiger charge is -2.35. The van der Waals surface area contributed by atoms with Crippen molar-refractivity contribution in [3.05, 3.63) is 29.8 Å². The van der Waals surface area contributed by atoms with Crippen LogP contribution in [0.5, 0.6) is 5.75 Å². The Morgan fingerprint density at radius 2 is 1.42 bits per heavy atom. The Labute approximate surface area is 411 Å². The Morgan fingerprint density at radius 3 is 2.03 bits per heavy atom. The molecule has 1 heterocycles. The third-order valence-electron chi connectivity index (χ3n) is 12.2. The zero-order chi connectivity index (χ0) is 53.1. The molecule has 1 saturated carbocycles. The third kappa shape index (κ3) is 19.5. The standard InChI is InChI=1S/C46H70N12O13/c1-6-24(4)39-45(70)55-30(11-13-34(47)60)43(68)57-32(20-35(48)61)44(69)54-29(12-14-37(63)51-22-38(64)53-33(46(71)58(39)5)18-25-7-9-27(59)10-8-25)41(66)50-16-15-26-19-28(26)40(65)56-31(17-23(2)3)42(67)52-21-36(49)62/h7-10,23-24,26,28-33,39,59H,6,11-22H2,1-5H3,(H2,47,60)(H2,48,61)(H2,49,62)(H,50,66)(H,51,63)(H,52,67)(H,53,64)(H,54,69)(H,55,70)(H,56,65)(H,57,68)/t24?,26?,28?,29-,30+,31+,32+,33+,39?/m1/s1. The molecule has 0 aromatic heterocycles. The fraction of sp³-hybridized carbons (Fsp3) is 0.609. The van der Waals surface area contributed by atoms with Gasteiger partial charge in [-0.2, -0.15) is 0 Å². The molecule has 1 aliphatic heterocycles. The molecule has 1 saturated heterocycles. The fourth-order valence-electron chi connectivity index (χ4n) is 7.99. The number of amides is 12. The summed E-state index contributed by atoms with van der Waals surface area (Å²) in [5.74, 6) is -11.0. The number of primary amides is 3. The van der Waals surface area contributed by atoms with Crippen LogP contribution in [0.15, 0.2) is 24.3 Å². The van der Waals surface area contributed by atoms with Crippen LogP contribution in [0.25, 0.3) is 0 Å². The lowest BCUT2D eigenvalue weighted by molar-refractivity contribution is -0.144. The quantitative estimate of drug-likeness (QED) is 0.0595. The van der Waals surface area contributed by atoms with E-state index < -0.39 is 158 Å². The Morgan fingerprint density at radius 1 is 0.775 bits per heavy atom. The largest absolute Gasteiger partial charge is 0.508 e. The number of nitrogens with zero attached hydrogens (tertiary/aromatic N) is 1. The van der Waals surface area contributed by atoms with Gasteiger partial charge in [-0.1, -0.05) is 46.2 Å². The first-order chi connectivity index (χ1) is 33.4. The summed E-state index contributed by atoms with van der Waals surface area (Å²) in [7, 11) is 1.33. The number of nitrogens with two attached hydrogens (primary N) is 3. The van der Waals surface area contributed by atoms with Crippen LogP contribution in [0, 0.1) is 23.7 Å². The number of hydrogen-bond donors (Lipinski definition) is 12. The highest BCUT2D eigenvalue weighted by molar-refractivity contribution is 5.98. The smallest absolute Gasteiger partial charge is 0.245 e. The van der Waals surface area contributed by atoms with Crippen LogP contribution in [0.3, 0.4) is 0 Å². The van der Waals surface area contributed by atoms with Gasteiger partial charge in [-0.3, -0.25) is 57.5 Å². The van der Waals surface area contributed by atoms with Gasteiger partial charge in [0.1, 0.15) is 42.0 Å². The van der Waals surface area contributed by atoms with Crippen molar-refractivity contribution in [2.75, 3.05) is 26.7 Å². The summed E-state index contributed by atoms with van der Waals surface area (Å²) < 4.78 is 0. The number of phenolic OH excluding ortho intramolecular Hbond substituents is 1. The number of likely N-dealkylation sites (N-methyl/N-ethyl adjacent to an activating group) is 1. The van der Waals surface area contributed by atoms with E-state index in [2.05, 4.69) is 42.5 Å². The Bertz CT molecular complexity index is 2140. The van der Waals surface area contributed by atoms with E-state index in [0.717, 1.165) is 4.90 Å². The van der Waals surface area contributed by atoms with Gasteiger partial charge in [0.2, 0.25) is 70.9 Å². The van der Waals surface area contributed by atoms with Crippen LogP contribution < -0.4 is 59.7 Å². The number of carbonyl (C=O) groups excluding carboxylic acids is 12. The van der Waals surface area contributed by atoms with Gasteiger partial charge in [0.25, 0.3) is 0 Å². The van der Waals surface area contributed by atoms with Crippen LogP contribution in [0.4, 0.5) is 0 Å². The van der Waals surface area contributed by atoms with Crippen molar-refractivity contribution in [2.24, 2.45) is 40.9 Å². The van der Waals surface area contributed by atoms with Crippen molar-refractivity contribution in [3.63, 3.8) is 0 Å². The van der Waals surface area contributed by atoms with E-state index in [1.54, 1.807) is 13.8 Å². The lowest BCUT2D eigenvalue weighted by atomic mass is 9.95. The number of hydrogen-bond acceptors (Lipinski definition) is 13. The first kappa shape index (κ1) is 58.0. The van der Waals surface area contributed by atoms with Gasteiger partial charge in [0, 0.05) is 38.8 Å². The fourth-order valence-corrected chi connectivity index (χ4v) is 7.99. The molecule has 2 aliphatic rings. The highest BCUT2D eigenvalue weighted by Gasteiger charge is 2.44. The molecule has 25 heteroatoms. The first-order valence-corrected chi connectivity index (χ1v) is 23.6. The normalized spacial score (nSPS) is 23.6. The van der Waals surface area contributed by atoms with Crippen molar-refractivity contribution in [2.45, 2.75) is 128 Å². The summed E-state index contributed by atoms with van der Waals surface area (Å²) in [6, 6.07) is -2.57. The predicted octanol–water partition coefficient (Wildman–Crippen LogP) is -3.93. The molecular formula is C46H70N12O13. The van der Waals surface area contributed by atoms with E-state index in [4.69, 9.17) is 17.2 Å². The predicted molar refractivity (Wildman–Crippen MR) is 253 cm³/mol.